The zero-order valence-corrected chi connectivity index (χ0v) is 13.7. The lowest BCUT2D eigenvalue weighted by atomic mass is 10.1. The largest absolute Gasteiger partial charge is 0.497 e. The van der Waals surface area contributed by atoms with Gasteiger partial charge in [-0.2, -0.15) is 0 Å². The second-order valence-corrected chi connectivity index (χ2v) is 4.77. The van der Waals surface area contributed by atoms with Crippen LogP contribution in [0.4, 0.5) is 0 Å². The summed E-state index contributed by atoms with van der Waals surface area (Å²) in [6.07, 6.45) is 0. The Kier molecular flexibility index (Phi) is 5.78. The molecule has 2 rings (SSSR count). The number of carbonyl (C=O) groups is 2. The maximum atomic E-state index is 12.2. The Bertz CT molecular complexity index is 721. The first-order valence-electron chi connectivity index (χ1n) is 7.16. The van der Waals surface area contributed by atoms with E-state index in [2.05, 4.69) is 0 Å². The van der Waals surface area contributed by atoms with Gasteiger partial charge in [-0.05, 0) is 36.4 Å². The summed E-state index contributed by atoms with van der Waals surface area (Å²) in [4.78, 5) is 24.3. The van der Waals surface area contributed by atoms with Crippen LogP contribution in [-0.2, 0) is 4.74 Å². The number of hydrogen-bond donors (Lipinski definition) is 0. The third-order valence-electron chi connectivity index (χ3n) is 3.37. The molecule has 0 atom stereocenters. The highest BCUT2D eigenvalue weighted by molar-refractivity contribution is 6.00. The molecule has 6 nitrogen and oxygen atoms in total. The van der Waals surface area contributed by atoms with E-state index in [0.29, 0.717) is 17.1 Å². The molecule has 0 amide bonds. The number of benzene rings is 2. The van der Waals surface area contributed by atoms with E-state index in [0.717, 1.165) is 0 Å². The van der Waals surface area contributed by atoms with Crippen LogP contribution in [0.15, 0.2) is 42.5 Å². The maximum absolute atomic E-state index is 12.2. The van der Waals surface area contributed by atoms with Crippen molar-refractivity contribution in [2.45, 2.75) is 0 Å². The van der Waals surface area contributed by atoms with E-state index < -0.39 is 5.97 Å². The number of ketones is 1. The SMILES string of the molecule is COc1ccc(C(=O)COC(=O)c2cccc(OC)c2OC)cc1. The van der Waals surface area contributed by atoms with Crippen LogP contribution in [0.2, 0.25) is 0 Å². The van der Waals surface area contributed by atoms with Crippen molar-refractivity contribution in [2.75, 3.05) is 27.9 Å². The number of Topliss-reactive ketones (excluding diaryl/α,β-unsaturated/α-hetero) is 1. The van der Waals surface area contributed by atoms with Gasteiger partial charge in [-0.1, -0.05) is 6.07 Å². The van der Waals surface area contributed by atoms with E-state index >= 15 is 0 Å². The van der Waals surface area contributed by atoms with Gasteiger partial charge in [-0.25, -0.2) is 4.79 Å². The van der Waals surface area contributed by atoms with Crippen LogP contribution in [0.3, 0.4) is 0 Å². The lowest BCUT2D eigenvalue weighted by molar-refractivity contribution is 0.0471. The van der Waals surface area contributed by atoms with Crippen molar-refractivity contribution in [2.24, 2.45) is 0 Å². The van der Waals surface area contributed by atoms with E-state index in [-0.39, 0.29) is 23.7 Å². The molecule has 0 bridgehead atoms. The van der Waals surface area contributed by atoms with Crippen molar-refractivity contribution >= 4 is 11.8 Å². The Balaban J connectivity index is 2.06. The highest BCUT2D eigenvalue weighted by Crippen LogP contribution is 2.31. The Morgan fingerprint density at radius 2 is 1.58 bits per heavy atom. The number of methoxy groups -OCH3 is 3. The molecular weight excluding hydrogens is 312 g/mol. The number of esters is 1. The molecule has 2 aromatic carbocycles. The molecule has 0 N–H and O–H groups in total. The van der Waals surface area contributed by atoms with Crippen LogP contribution in [0.25, 0.3) is 0 Å². The second-order valence-electron chi connectivity index (χ2n) is 4.77. The molecule has 6 heteroatoms. The highest BCUT2D eigenvalue weighted by atomic mass is 16.5. The maximum Gasteiger partial charge on any atom is 0.342 e. The summed E-state index contributed by atoms with van der Waals surface area (Å²) in [5.41, 5.74) is 0.626. The lowest BCUT2D eigenvalue weighted by Gasteiger charge is -2.11. The van der Waals surface area contributed by atoms with Crippen LogP contribution in [0.5, 0.6) is 17.2 Å². The molecule has 126 valence electrons. The Labute approximate surface area is 139 Å². The van der Waals surface area contributed by atoms with Crippen molar-refractivity contribution in [1.82, 2.24) is 0 Å². The zero-order valence-electron chi connectivity index (χ0n) is 13.7. The van der Waals surface area contributed by atoms with Crippen LogP contribution < -0.4 is 14.2 Å². The Hall–Kier alpha value is -3.02. The first-order chi connectivity index (χ1) is 11.6. The standard InChI is InChI=1S/C18H18O6/c1-21-13-9-7-12(8-10-13)15(19)11-24-18(20)14-5-4-6-16(22-2)17(14)23-3/h4-10H,11H2,1-3H3. The van der Waals surface area contributed by atoms with Gasteiger partial charge in [0, 0.05) is 5.56 Å². The normalized spacial score (nSPS) is 9.96. The Morgan fingerprint density at radius 3 is 2.17 bits per heavy atom. The molecule has 0 aliphatic heterocycles. The van der Waals surface area contributed by atoms with Gasteiger partial charge in [0.05, 0.1) is 21.3 Å². The van der Waals surface area contributed by atoms with Crippen LogP contribution in [-0.4, -0.2) is 39.7 Å². The number of rotatable bonds is 7. The first-order valence-corrected chi connectivity index (χ1v) is 7.16. The minimum atomic E-state index is -0.660. The molecule has 0 saturated carbocycles. The van der Waals surface area contributed by atoms with Crippen molar-refractivity contribution < 1.29 is 28.5 Å². The molecule has 0 spiro atoms. The van der Waals surface area contributed by atoms with Gasteiger partial charge in [0.1, 0.15) is 11.3 Å². The van der Waals surface area contributed by atoms with Gasteiger partial charge in [-0.15, -0.1) is 0 Å². The zero-order chi connectivity index (χ0) is 17.5. The molecule has 0 fully saturated rings. The van der Waals surface area contributed by atoms with E-state index in [1.165, 1.54) is 14.2 Å². The van der Waals surface area contributed by atoms with Gasteiger partial charge in [0.25, 0.3) is 0 Å². The van der Waals surface area contributed by atoms with Gasteiger partial charge in [0.2, 0.25) is 0 Å². The summed E-state index contributed by atoms with van der Waals surface area (Å²) in [6.45, 7) is -0.370. The molecule has 0 heterocycles. The van der Waals surface area contributed by atoms with Gasteiger partial charge in [0.15, 0.2) is 23.9 Å². The minimum Gasteiger partial charge on any atom is -0.497 e. The molecule has 0 aliphatic carbocycles. The smallest absolute Gasteiger partial charge is 0.342 e. The Morgan fingerprint density at radius 1 is 0.875 bits per heavy atom. The summed E-state index contributed by atoms with van der Waals surface area (Å²) in [7, 11) is 4.44. The fraction of sp³-hybridized carbons (Fsp3) is 0.222. The van der Waals surface area contributed by atoms with Gasteiger partial charge >= 0.3 is 5.97 Å². The van der Waals surface area contributed by atoms with E-state index in [9.17, 15) is 9.59 Å². The van der Waals surface area contributed by atoms with Crippen molar-refractivity contribution in [3.05, 3.63) is 53.6 Å². The quantitative estimate of drug-likeness (QED) is 0.574. The predicted molar refractivity (Wildman–Crippen MR) is 87.2 cm³/mol. The van der Waals surface area contributed by atoms with Crippen LogP contribution in [0, 0.1) is 0 Å². The highest BCUT2D eigenvalue weighted by Gasteiger charge is 2.19. The molecule has 24 heavy (non-hydrogen) atoms. The van der Waals surface area contributed by atoms with E-state index in [4.69, 9.17) is 18.9 Å². The summed E-state index contributed by atoms with van der Waals surface area (Å²) in [5, 5.41) is 0. The molecule has 0 unspecified atom stereocenters. The van der Waals surface area contributed by atoms with Crippen molar-refractivity contribution in [3.8, 4) is 17.2 Å². The predicted octanol–water partition coefficient (Wildman–Crippen LogP) is 2.75. The van der Waals surface area contributed by atoms with Gasteiger partial charge < -0.3 is 18.9 Å². The lowest BCUT2D eigenvalue weighted by Crippen LogP contribution is -2.15. The molecular formula is C18H18O6. The molecule has 0 aromatic heterocycles. The summed E-state index contributed by atoms with van der Waals surface area (Å²) in [5.74, 6) is 0.348. The minimum absolute atomic E-state index is 0.194. The average molecular weight is 330 g/mol. The van der Waals surface area contributed by atoms with Crippen molar-refractivity contribution in [3.63, 3.8) is 0 Å². The first kappa shape index (κ1) is 17.3. The molecule has 0 aliphatic rings. The topological polar surface area (TPSA) is 71.1 Å². The third kappa shape index (κ3) is 3.84. The molecule has 0 radical (unpaired) electrons. The number of para-hydroxylation sites is 1. The summed E-state index contributed by atoms with van der Waals surface area (Å²) >= 11 is 0. The average Bonchev–Trinajstić information content (AvgIpc) is 2.64. The fourth-order valence-corrected chi connectivity index (χ4v) is 2.12. The van der Waals surface area contributed by atoms with Gasteiger partial charge in [-0.3, -0.25) is 4.79 Å². The third-order valence-corrected chi connectivity index (χ3v) is 3.37. The second kappa shape index (κ2) is 8.01. The monoisotopic (exact) mass is 330 g/mol. The summed E-state index contributed by atoms with van der Waals surface area (Å²) in [6, 6.07) is 11.4. The van der Waals surface area contributed by atoms with Crippen molar-refractivity contribution in [1.29, 1.82) is 0 Å². The molecule has 2 aromatic rings. The fourth-order valence-electron chi connectivity index (χ4n) is 2.12. The van der Waals surface area contributed by atoms with Crippen LogP contribution >= 0.6 is 0 Å². The van der Waals surface area contributed by atoms with E-state index in [1.54, 1.807) is 49.6 Å². The number of carbonyl (C=O) groups excluding carboxylic acids is 2. The number of hydrogen-bond acceptors (Lipinski definition) is 6. The van der Waals surface area contributed by atoms with Crippen LogP contribution in [0.1, 0.15) is 20.7 Å². The van der Waals surface area contributed by atoms with E-state index in [1.807, 2.05) is 0 Å². The number of ether oxygens (including phenoxy) is 4. The molecule has 0 saturated heterocycles. The summed E-state index contributed by atoms with van der Waals surface area (Å²) < 4.78 is 20.4.